The van der Waals surface area contributed by atoms with Crippen molar-refractivity contribution >= 4 is 72.9 Å². The summed E-state index contributed by atoms with van der Waals surface area (Å²) < 4.78 is 44.9. The molecule has 0 aliphatic rings. The minimum Gasteiger partial charge on any atom is -0.478 e. The van der Waals surface area contributed by atoms with E-state index in [0.717, 1.165) is 35.9 Å². The highest BCUT2D eigenvalue weighted by Gasteiger charge is 2.19. The zero-order valence-electron chi connectivity index (χ0n) is 15.1. The molecular formula is C14H15Cl4N3O6S2. The van der Waals surface area contributed by atoms with Crippen molar-refractivity contribution in [3.05, 3.63) is 39.4 Å². The molecule has 2 heterocycles. The lowest BCUT2D eigenvalue weighted by atomic mass is 10.3. The Morgan fingerprint density at radius 2 is 1.45 bits per heavy atom. The number of rotatable bonds is 4. The van der Waals surface area contributed by atoms with Crippen LogP contribution in [0.5, 0.6) is 0 Å². The Labute approximate surface area is 188 Å². The summed E-state index contributed by atoms with van der Waals surface area (Å²) in [5, 5.41) is 8.06. The van der Waals surface area contributed by atoms with Crippen molar-refractivity contribution in [3.8, 4) is 0 Å². The molecule has 9 nitrogen and oxygen atoms in total. The summed E-state index contributed by atoms with van der Waals surface area (Å²) in [5.74, 6) is -1.12. The highest BCUT2D eigenvalue weighted by Crippen LogP contribution is 2.19. The average molecular weight is 527 g/mol. The molecule has 0 atom stereocenters. The monoisotopic (exact) mass is 525 g/mol. The molecule has 0 unspecified atom stereocenters. The molecule has 0 radical (unpaired) electrons. The minimum atomic E-state index is -3.78. The Kier molecular flexibility index (Phi) is 10.2. The van der Waals surface area contributed by atoms with Gasteiger partial charge < -0.3 is 5.11 Å². The number of carboxylic acid groups (broad SMARTS) is 1. The first kappa shape index (κ1) is 27.8. The van der Waals surface area contributed by atoms with Crippen molar-refractivity contribution in [1.82, 2.24) is 15.0 Å². The van der Waals surface area contributed by atoms with Crippen LogP contribution in [0.3, 0.4) is 0 Å². The predicted molar refractivity (Wildman–Crippen MR) is 111 cm³/mol. The summed E-state index contributed by atoms with van der Waals surface area (Å²) in [7, 11) is -7.56. The fraction of sp³-hybridized carbons (Fsp3) is 0.286. The molecule has 0 aliphatic heterocycles. The van der Waals surface area contributed by atoms with Crippen LogP contribution < -0.4 is 0 Å². The summed E-state index contributed by atoms with van der Waals surface area (Å²) >= 11 is 16.8. The van der Waals surface area contributed by atoms with Gasteiger partial charge in [0.25, 0.3) is 0 Å². The molecule has 0 aromatic carbocycles. The van der Waals surface area contributed by atoms with Crippen LogP contribution in [-0.2, 0) is 25.6 Å². The molecule has 15 heteroatoms. The standard InChI is InChI=1S/C8H9NO6S2.C6H5Cl3N2.ClH/c1-16(12,13)6-3-5(8(10)11)4-7(9-6)17(2,14)15;1-3-4(2-7)5(8)11-6(9)10-3;/h3-4H,1-2H3,(H,10,11);2H2,1H3;1H. The molecule has 0 aliphatic carbocycles. The van der Waals surface area contributed by atoms with Crippen molar-refractivity contribution < 1.29 is 26.7 Å². The van der Waals surface area contributed by atoms with E-state index in [4.69, 9.17) is 39.9 Å². The fourth-order valence-corrected chi connectivity index (χ4v) is 3.86. The summed E-state index contributed by atoms with van der Waals surface area (Å²) in [6.45, 7) is 1.79. The molecule has 29 heavy (non-hydrogen) atoms. The third kappa shape index (κ3) is 8.19. The maximum absolute atomic E-state index is 11.2. The van der Waals surface area contributed by atoms with Gasteiger partial charge in [-0.1, -0.05) is 11.6 Å². The van der Waals surface area contributed by atoms with Gasteiger partial charge in [-0.3, -0.25) is 0 Å². The maximum atomic E-state index is 11.2. The van der Waals surface area contributed by atoms with E-state index >= 15 is 0 Å². The number of carboxylic acids is 1. The van der Waals surface area contributed by atoms with Crippen LogP contribution in [-0.4, -0.2) is 55.4 Å². The first-order valence-electron chi connectivity index (χ1n) is 7.06. The minimum absolute atomic E-state index is 0. The van der Waals surface area contributed by atoms with Crippen LogP contribution in [0, 0.1) is 6.92 Å². The van der Waals surface area contributed by atoms with E-state index in [2.05, 4.69) is 15.0 Å². The van der Waals surface area contributed by atoms with Gasteiger partial charge in [0.05, 0.1) is 11.4 Å². The van der Waals surface area contributed by atoms with Gasteiger partial charge in [-0.05, 0) is 30.7 Å². The molecule has 1 N–H and O–H groups in total. The highest BCUT2D eigenvalue weighted by atomic mass is 35.5. The van der Waals surface area contributed by atoms with Gasteiger partial charge in [0.15, 0.2) is 29.7 Å². The topological polar surface area (TPSA) is 144 Å². The van der Waals surface area contributed by atoms with Gasteiger partial charge >= 0.3 is 5.97 Å². The second-order valence-electron chi connectivity index (χ2n) is 5.36. The molecule has 0 spiro atoms. The van der Waals surface area contributed by atoms with Crippen LogP contribution in [0.4, 0.5) is 0 Å². The summed E-state index contributed by atoms with van der Waals surface area (Å²) in [4.78, 5) is 21.8. The van der Waals surface area contributed by atoms with E-state index in [1.165, 1.54) is 0 Å². The second kappa shape index (κ2) is 10.7. The van der Waals surface area contributed by atoms with E-state index < -0.39 is 41.3 Å². The zero-order chi connectivity index (χ0) is 21.9. The molecule has 0 saturated carbocycles. The van der Waals surface area contributed by atoms with Crippen LogP contribution in [0.25, 0.3) is 0 Å². The van der Waals surface area contributed by atoms with Crippen LogP contribution in [0.15, 0.2) is 22.2 Å². The van der Waals surface area contributed by atoms with Crippen molar-refractivity contribution in [3.63, 3.8) is 0 Å². The SMILES string of the molecule is CS(=O)(=O)c1cc(C(=O)O)cc(S(C)(=O)=O)n1.Cc1nc(Cl)nc(Cl)c1CCl.Cl. The Bertz CT molecular complexity index is 1050. The zero-order valence-corrected chi connectivity index (χ0v) is 19.8. The number of carbonyl (C=O) groups is 1. The van der Waals surface area contributed by atoms with Gasteiger partial charge in [-0.25, -0.2) is 36.6 Å². The van der Waals surface area contributed by atoms with Crippen molar-refractivity contribution in [2.45, 2.75) is 22.9 Å². The number of hydrogen-bond donors (Lipinski definition) is 1. The lowest BCUT2D eigenvalue weighted by molar-refractivity contribution is 0.0696. The predicted octanol–water partition coefficient (Wildman–Crippen LogP) is 2.84. The number of sulfone groups is 2. The smallest absolute Gasteiger partial charge is 0.335 e. The highest BCUT2D eigenvalue weighted by molar-refractivity contribution is 7.91. The van der Waals surface area contributed by atoms with Gasteiger partial charge in [-0.2, -0.15) is 0 Å². The van der Waals surface area contributed by atoms with Crippen LogP contribution >= 0.6 is 47.2 Å². The van der Waals surface area contributed by atoms with Gasteiger partial charge in [0.2, 0.25) is 5.28 Å². The lowest BCUT2D eigenvalue weighted by Gasteiger charge is -2.03. The van der Waals surface area contributed by atoms with E-state index in [-0.39, 0.29) is 17.7 Å². The molecule has 0 amide bonds. The van der Waals surface area contributed by atoms with E-state index in [9.17, 15) is 21.6 Å². The third-order valence-electron chi connectivity index (χ3n) is 3.05. The normalized spacial score (nSPS) is 11.1. The van der Waals surface area contributed by atoms with E-state index in [0.29, 0.717) is 11.0 Å². The first-order chi connectivity index (χ1) is 12.7. The Morgan fingerprint density at radius 1 is 1.00 bits per heavy atom. The number of nitrogens with zero attached hydrogens (tertiary/aromatic N) is 3. The number of hydrogen-bond acceptors (Lipinski definition) is 8. The fourth-order valence-electron chi connectivity index (χ4n) is 1.66. The number of pyridine rings is 1. The van der Waals surface area contributed by atoms with Crippen LogP contribution in [0.1, 0.15) is 21.6 Å². The Hall–Kier alpha value is -1.24. The van der Waals surface area contributed by atoms with Gasteiger partial charge in [-0.15, -0.1) is 24.0 Å². The molecular weight excluding hydrogens is 512 g/mol. The average Bonchev–Trinajstić information content (AvgIpc) is 2.53. The van der Waals surface area contributed by atoms with Crippen molar-refractivity contribution in [2.24, 2.45) is 0 Å². The van der Waals surface area contributed by atoms with Crippen LogP contribution in [0.2, 0.25) is 10.4 Å². The largest absolute Gasteiger partial charge is 0.478 e. The number of halogens is 4. The van der Waals surface area contributed by atoms with Gasteiger partial charge in [0.1, 0.15) is 5.15 Å². The molecule has 0 bridgehead atoms. The molecule has 162 valence electrons. The summed E-state index contributed by atoms with van der Waals surface area (Å²) in [5.41, 5.74) is 1.02. The number of aromatic nitrogens is 3. The lowest BCUT2D eigenvalue weighted by Crippen LogP contribution is -2.10. The third-order valence-corrected chi connectivity index (χ3v) is 5.74. The maximum Gasteiger partial charge on any atom is 0.335 e. The van der Waals surface area contributed by atoms with Crippen molar-refractivity contribution in [2.75, 3.05) is 12.5 Å². The molecule has 2 aromatic rings. The van der Waals surface area contributed by atoms with E-state index in [1.807, 2.05) is 0 Å². The molecule has 2 rings (SSSR count). The molecule has 0 fully saturated rings. The van der Waals surface area contributed by atoms with Gasteiger partial charge in [0, 0.05) is 23.8 Å². The summed E-state index contributed by atoms with van der Waals surface area (Å²) in [6, 6.07) is 1.62. The summed E-state index contributed by atoms with van der Waals surface area (Å²) in [6.07, 6.45) is 1.63. The first-order valence-corrected chi connectivity index (χ1v) is 12.1. The second-order valence-corrected chi connectivity index (χ2v) is 10.3. The Morgan fingerprint density at radius 3 is 1.76 bits per heavy atom. The number of aromatic carboxylic acids is 1. The molecule has 0 saturated heterocycles. The molecule has 2 aromatic heterocycles. The number of aryl methyl sites for hydroxylation is 1. The quantitative estimate of drug-likeness (QED) is 0.361. The van der Waals surface area contributed by atoms with E-state index in [1.54, 1.807) is 6.92 Å². The Balaban J connectivity index is 0.000000568. The van der Waals surface area contributed by atoms with Crippen molar-refractivity contribution in [1.29, 1.82) is 0 Å². The number of alkyl halides is 1.